The second-order valence-electron chi connectivity index (χ2n) is 9.18. The fourth-order valence-corrected chi connectivity index (χ4v) is 4.17. The molecule has 38 heavy (non-hydrogen) atoms. The summed E-state index contributed by atoms with van der Waals surface area (Å²) in [4.78, 5) is 32.0. The number of aromatic nitrogens is 3. The Balaban J connectivity index is 1.72. The molecule has 4 aromatic rings. The maximum atomic E-state index is 13.0. The molecule has 0 unspecified atom stereocenters. The number of nitrogens with one attached hydrogen (secondary N) is 1. The minimum atomic E-state index is -4.30. The second-order valence-corrected chi connectivity index (χ2v) is 9.61. The number of likely N-dealkylation sites (N-methyl/N-ethyl adjacent to an activating group) is 1. The fourth-order valence-electron chi connectivity index (χ4n) is 4.04. The van der Waals surface area contributed by atoms with Gasteiger partial charge in [0.15, 0.2) is 0 Å². The van der Waals surface area contributed by atoms with Gasteiger partial charge in [-0.05, 0) is 50.3 Å². The van der Waals surface area contributed by atoms with E-state index in [9.17, 15) is 22.8 Å². The van der Waals surface area contributed by atoms with Gasteiger partial charge in [-0.1, -0.05) is 35.9 Å². The molecule has 11 heteroatoms. The molecule has 0 aliphatic carbocycles. The molecule has 0 aliphatic rings. The van der Waals surface area contributed by atoms with E-state index in [1.165, 1.54) is 10.5 Å². The van der Waals surface area contributed by atoms with E-state index in [0.29, 0.717) is 46.2 Å². The molecule has 4 rings (SSSR count). The van der Waals surface area contributed by atoms with Crippen LogP contribution in [0.3, 0.4) is 0 Å². The Bertz CT molecular complexity index is 1480. The molecule has 2 aromatic heterocycles. The first-order valence-corrected chi connectivity index (χ1v) is 12.4. The molecule has 0 radical (unpaired) electrons. The van der Waals surface area contributed by atoms with Crippen LogP contribution in [0.4, 0.5) is 13.2 Å². The lowest BCUT2D eigenvalue weighted by Gasteiger charge is -2.16. The van der Waals surface area contributed by atoms with E-state index < -0.39 is 12.6 Å². The van der Waals surface area contributed by atoms with Crippen molar-refractivity contribution in [2.45, 2.75) is 25.6 Å². The zero-order valence-electron chi connectivity index (χ0n) is 20.9. The van der Waals surface area contributed by atoms with E-state index in [1.54, 1.807) is 59.3 Å². The van der Waals surface area contributed by atoms with Crippen molar-refractivity contribution in [2.24, 2.45) is 0 Å². The topological polar surface area (TPSA) is 71.6 Å². The first-order chi connectivity index (χ1) is 18.0. The molecule has 7 nitrogen and oxygen atoms in total. The number of carbonyl (C=O) groups is 1. The van der Waals surface area contributed by atoms with E-state index in [-0.39, 0.29) is 30.2 Å². The highest BCUT2D eigenvalue weighted by molar-refractivity contribution is 6.30. The van der Waals surface area contributed by atoms with Crippen LogP contribution in [0.15, 0.2) is 65.6 Å². The highest BCUT2D eigenvalue weighted by Gasteiger charge is 2.26. The Kier molecular flexibility index (Phi) is 8.23. The summed E-state index contributed by atoms with van der Waals surface area (Å²) in [5.74, 6) is -0.0117. The van der Waals surface area contributed by atoms with Gasteiger partial charge >= 0.3 is 6.18 Å². The molecule has 0 fully saturated rings. The van der Waals surface area contributed by atoms with Crippen molar-refractivity contribution >= 4 is 23.3 Å². The third kappa shape index (κ3) is 6.62. The molecule has 0 spiro atoms. The van der Waals surface area contributed by atoms with E-state index in [4.69, 9.17) is 11.6 Å². The highest BCUT2D eigenvalue weighted by atomic mass is 35.5. The smallest absolute Gasteiger partial charge is 0.351 e. The third-order valence-electron chi connectivity index (χ3n) is 5.99. The van der Waals surface area contributed by atoms with Gasteiger partial charge < -0.3 is 14.8 Å². The summed E-state index contributed by atoms with van der Waals surface area (Å²) in [6, 6.07) is 14.9. The number of halogens is 4. The standard InChI is InChI=1S/C27H27ClF3N5O2/c1-34(2)15-13-32-25(38)20-6-4-19(5-7-20)23-16-24(37)36-17-22(18-8-10-21(28)11-9-18)33-26(36)35(23)14-3-12-27(29,30)31/h4-11,16-17H,3,12-15H2,1-2H3,(H,32,38). The average molecular weight is 546 g/mol. The zero-order valence-corrected chi connectivity index (χ0v) is 21.7. The number of alkyl halides is 3. The quantitative estimate of drug-likeness (QED) is 0.317. The number of imidazole rings is 1. The summed E-state index contributed by atoms with van der Waals surface area (Å²) >= 11 is 5.98. The lowest BCUT2D eigenvalue weighted by molar-refractivity contribution is -0.135. The van der Waals surface area contributed by atoms with Crippen LogP contribution in [0.25, 0.3) is 28.3 Å². The maximum absolute atomic E-state index is 13.0. The minimum Gasteiger partial charge on any atom is -0.351 e. The van der Waals surface area contributed by atoms with E-state index in [0.717, 1.165) is 0 Å². The monoisotopic (exact) mass is 545 g/mol. The summed E-state index contributed by atoms with van der Waals surface area (Å²) < 4.78 is 41.8. The van der Waals surface area contributed by atoms with Gasteiger partial charge in [0.25, 0.3) is 11.5 Å². The number of hydrogen-bond acceptors (Lipinski definition) is 4. The number of rotatable bonds is 9. The van der Waals surface area contributed by atoms with Crippen LogP contribution in [-0.2, 0) is 6.54 Å². The van der Waals surface area contributed by atoms with Crippen LogP contribution in [0.2, 0.25) is 5.02 Å². The number of carbonyl (C=O) groups excluding carboxylic acids is 1. The number of fused-ring (bicyclic) bond motifs is 1. The van der Waals surface area contributed by atoms with Crippen molar-refractivity contribution in [3.8, 4) is 22.5 Å². The largest absolute Gasteiger partial charge is 0.389 e. The predicted octanol–water partition coefficient (Wildman–Crippen LogP) is 5.12. The van der Waals surface area contributed by atoms with E-state index >= 15 is 0 Å². The SMILES string of the molecule is CN(C)CCNC(=O)c1ccc(-c2cc(=O)n3cc(-c4ccc(Cl)cc4)nc3n2CCCC(F)(F)F)cc1. The van der Waals surface area contributed by atoms with Gasteiger partial charge in [-0.3, -0.25) is 14.0 Å². The van der Waals surface area contributed by atoms with Gasteiger partial charge in [0, 0.05) is 54.5 Å². The molecule has 0 saturated heterocycles. The predicted molar refractivity (Wildman–Crippen MR) is 142 cm³/mol. The highest BCUT2D eigenvalue weighted by Crippen LogP contribution is 2.27. The molecule has 1 amide bonds. The first kappa shape index (κ1) is 27.4. The molecular weight excluding hydrogens is 519 g/mol. The van der Waals surface area contributed by atoms with Gasteiger partial charge in [0.2, 0.25) is 5.78 Å². The Labute approximate surface area is 222 Å². The van der Waals surface area contributed by atoms with Crippen LogP contribution in [0, 0.1) is 0 Å². The van der Waals surface area contributed by atoms with Crippen LogP contribution in [0.5, 0.6) is 0 Å². The number of amides is 1. The van der Waals surface area contributed by atoms with E-state index in [1.807, 2.05) is 19.0 Å². The maximum Gasteiger partial charge on any atom is 0.389 e. The molecule has 0 bridgehead atoms. The molecule has 200 valence electrons. The summed E-state index contributed by atoms with van der Waals surface area (Å²) in [7, 11) is 3.81. The first-order valence-electron chi connectivity index (χ1n) is 12.0. The zero-order chi connectivity index (χ0) is 27.4. The van der Waals surface area contributed by atoms with Crippen molar-refractivity contribution < 1.29 is 18.0 Å². The number of nitrogens with zero attached hydrogens (tertiary/aromatic N) is 4. The summed E-state index contributed by atoms with van der Waals surface area (Å²) in [5, 5.41) is 3.38. The molecule has 2 aromatic carbocycles. The number of benzene rings is 2. The van der Waals surface area contributed by atoms with Crippen LogP contribution < -0.4 is 10.9 Å². The van der Waals surface area contributed by atoms with Crippen molar-refractivity contribution in [1.82, 2.24) is 24.2 Å². The van der Waals surface area contributed by atoms with Crippen molar-refractivity contribution in [2.75, 3.05) is 27.2 Å². The molecule has 0 saturated carbocycles. The van der Waals surface area contributed by atoms with Crippen LogP contribution in [-0.4, -0.2) is 58.1 Å². The number of hydrogen-bond donors (Lipinski definition) is 1. The number of aryl methyl sites for hydroxylation is 1. The Hall–Kier alpha value is -3.63. The van der Waals surface area contributed by atoms with Gasteiger partial charge in [0.1, 0.15) is 0 Å². The summed E-state index contributed by atoms with van der Waals surface area (Å²) in [6.45, 7) is 1.16. The van der Waals surface area contributed by atoms with Crippen LogP contribution in [0.1, 0.15) is 23.2 Å². The Morgan fingerprint density at radius 3 is 2.34 bits per heavy atom. The molecule has 0 aliphatic heterocycles. The van der Waals surface area contributed by atoms with Gasteiger partial charge in [-0.25, -0.2) is 4.98 Å². The van der Waals surface area contributed by atoms with Crippen molar-refractivity contribution in [3.05, 3.63) is 81.7 Å². The van der Waals surface area contributed by atoms with Gasteiger partial charge in [0.05, 0.1) is 11.4 Å². The molecular formula is C27H27ClF3N5O2. The van der Waals surface area contributed by atoms with E-state index in [2.05, 4.69) is 10.3 Å². The Morgan fingerprint density at radius 1 is 1.05 bits per heavy atom. The van der Waals surface area contributed by atoms with Crippen LogP contribution >= 0.6 is 11.6 Å². The lowest BCUT2D eigenvalue weighted by Crippen LogP contribution is -2.31. The second kappa shape index (κ2) is 11.4. The summed E-state index contributed by atoms with van der Waals surface area (Å²) in [6.07, 6.45) is -3.90. The minimum absolute atomic E-state index is 0.0114. The van der Waals surface area contributed by atoms with Gasteiger partial charge in [-0.2, -0.15) is 13.2 Å². The third-order valence-corrected chi connectivity index (χ3v) is 6.24. The van der Waals surface area contributed by atoms with Crippen molar-refractivity contribution in [3.63, 3.8) is 0 Å². The fraction of sp³-hybridized carbons (Fsp3) is 0.296. The average Bonchev–Trinajstić information content (AvgIpc) is 3.31. The molecule has 2 heterocycles. The summed E-state index contributed by atoms with van der Waals surface area (Å²) in [5.41, 5.74) is 2.26. The lowest BCUT2D eigenvalue weighted by atomic mass is 10.1. The van der Waals surface area contributed by atoms with Gasteiger partial charge in [-0.15, -0.1) is 0 Å². The Morgan fingerprint density at radius 2 is 1.71 bits per heavy atom. The molecule has 1 N–H and O–H groups in total. The molecule has 0 atom stereocenters. The normalized spacial score (nSPS) is 11.9. The van der Waals surface area contributed by atoms with Crippen molar-refractivity contribution in [1.29, 1.82) is 0 Å².